The number of nitrogens with zero attached hydrogens (tertiary/aromatic N) is 1. The summed E-state index contributed by atoms with van der Waals surface area (Å²) in [7, 11) is 0. The van der Waals surface area contributed by atoms with E-state index in [4.69, 9.17) is 5.73 Å². The van der Waals surface area contributed by atoms with Crippen LogP contribution < -0.4 is 16.4 Å². The second kappa shape index (κ2) is 5.70. The monoisotopic (exact) mass is 290 g/mol. The van der Waals surface area contributed by atoms with Crippen LogP contribution in [-0.4, -0.2) is 16.8 Å². The third kappa shape index (κ3) is 3.12. The molecule has 104 valence electrons. The Balaban J connectivity index is 2.22. The number of aromatic nitrogens is 1. The summed E-state index contributed by atoms with van der Waals surface area (Å²) < 4.78 is 0. The lowest BCUT2D eigenvalue weighted by atomic mass is 10.1. The van der Waals surface area contributed by atoms with Crippen molar-refractivity contribution in [2.75, 3.05) is 16.4 Å². The zero-order valence-electron chi connectivity index (χ0n) is 11.1. The largest absolute Gasteiger partial charge is 0.389 e. The molecule has 0 fully saturated rings. The molecule has 1 aromatic heterocycles. The van der Waals surface area contributed by atoms with Crippen molar-refractivity contribution in [3.05, 3.63) is 35.5 Å². The molecule has 6 nitrogen and oxygen atoms in total. The summed E-state index contributed by atoms with van der Waals surface area (Å²) in [5.41, 5.74) is 7.21. The van der Waals surface area contributed by atoms with Crippen LogP contribution in [0.5, 0.6) is 0 Å². The van der Waals surface area contributed by atoms with Gasteiger partial charge in [0, 0.05) is 6.92 Å². The number of hydrogen-bond acceptors (Lipinski definition) is 5. The number of para-hydroxylation sites is 1. The maximum Gasteiger partial charge on any atom is 0.259 e. The van der Waals surface area contributed by atoms with E-state index in [1.54, 1.807) is 31.2 Å². The lowest BCUT2D eigenvalue weighted by Crippen LogP contribution is -2.16. The SMILES string of the molecule is CC(=O)Nc1ccccc1C(=O)Nc1nc(C)c(N)s1. The molecule has 4 N–H and O–H groups in total. The van der Waals surface area contributed by atoms with Crippen LogP contribution >= 0.6 is 11.3 Å². The molecule has 1 aromatic carbocycles. The van der Waals surface area contributed by atoms with Gasteiger partial charge in [0.1, 0.15) is 5.00 Å². The summed E-state index contributed by atoms with van der Waals surface area (Å²) in [6.45, 7) is 3.16. The number of rotatable bonds is 3. The van der Waals surface area contributed by atoms with Crippen molar-refractivity contribution in [1.29, 1.82) is 0 Å². The molecule has 0 bridgehead atoms. The summed E-state index contributed by atoms with van der Waals surface area (Å²) in [6.07, 6.45) is 0. The second-order valence-electron chi connectivity index (χ2n) is 4.15. The molecule has 7 heteroatoms. The Morgan fingerprint density at radius 2 is 1.95 bits per heavy atom. The molecular weight excluding hydrogens is 276 g/mol. The van der Waals surface area contributed by atoms with Gasteiger partial charge < -0.3 is 11.1 Å². The van der Waals surface area contributed by atoms with Gasteiger partial charge in [-0.2, -0.15) is 0 Å². The van der Waals surface area contributed by atoms with Crippen LogP contribution in [0.2, 0.25) is 0 Å². The maximum atomic E-state index is 12.2. The number of anilines is 3. The lowest BCUT2D eigenvalue weighted by Gasteiger charge is -2.08. The first-order chi connectivity index (χ1) is 9.47. The van der Waals surface area contributed by atoms with Gasteiger partial charge in [0.15, 0.2) is 5.13 Å². The van der Waals surface area contributed by atoms with Crippen LogP contribution in [0.3, 0.4) is 0 Å². The van der Waals surface area contributed by atoms with E-state index >= 15 is 0 Å². The van der Waals surface area contributed by atoms with E-state index in [1.807, 2.05) is 0 Å². The van der Waals surface area contributed by atoms with E-state index in [1.165, 1.54) is 18.3 Å². The first-order valence-corrected chi connectivity index (χ1v) is 6.70. The molecule has 1 heterocycles. The summed E-state index contributed by atoms with van der Waals surface area (Å²) in [4.78, 5) is 27.5. The van der Waals surface area contributed by atoms with E-state index in [-0.39, 0.29) is 11.8 Å². The van der Waals surface area contributed by atoms with Crippen molar-refractivity contribution >= 4 is 39.0 Å². The van der Waals surface area contributed by atoms with E-state index in [2.05, 4.69) is 15.6 Å². The van der Waals surface area contributed by atoms with E-state index in [0.29, 0.717) is 27.1 Å². The van der Waals surface area contributed by atoms with Gasteiger partial charge in [0.25, 0.3) is 5.91 Å². The zero-order valence-corrected chi connectivity index (χ0v) is 11.9. The first-order valence-electron chi connectivity index (χ1n) is 5.88. The van der Waals surface area contributed by atoms with Crippen molar-refractivity contribution in [1.82, 2.24) is 4.98 Å². The normalized spacial score (nSPS) is 10.1. The fourth-order valence-corrected chi connectivity index (χ4v) is 2.33. The summed E-state index contributed by atoms with van der Waals surface area (Å²) >= 11 is 1.20. The number of carbonyl (C=O) groups is 2. The fourth-order valence-electron chi connectivity index (χ4n) is 1.61. The number of aryl methyl sites for hydroxylation is 1. The predicted octanol–water partition coefficient (Wildman–Crippen LogP) is 2.24. The standard InChI is InChI=1S/C13H14N4O2S/c1-7-11(14)20-13(15-7)17-12(19)9-5-3-4-6-10(9)16-8(2)18/h3-6H,14H2,1-2H3,(H,16,18)(H,15,17,19). The van der Waals surface area contributed by atoms with Crippen LogP contribution in [0.1, 0.15) is 23.0 Å². The Morgan fingerprint density at radius 1 is 1.25 bits per heavy atom. The Morgan fingerprint density at radius 3 is 2.55 bits per heavy atom. The highest BCUT2D eigenvalue weighted by atomic mass is 32.1. The van der Waals surface area contributed by atoms with Gasteiger partial charge in [0.2, 0.25) is 5.91 Å². The smallest absolute Gasteiger partial charge is 0.259 e. The predicted molar refractivity (Wildman–Crippen MR) is 80.0 cm³/mol. The van der Waals surface area contributed by atoms with Gasteiger partial charge in [-0.15, -0.1) is 0 Å². The number of hydrogen-bond donors (Lipinski definition) is 3. The zero-order chi connectivity index (χ0) is 14.7. The van der Waals surface area contributed by atoms with Crippen molar-refractivity contribution < 1.29 is 9.59 Å². The molecule has 2 rings (SSSR count). The van der Waals surface area contributed by atoms with Gasteiger partial charge >= 0.3 is 0 Å². The van der Waals surface area contributed by atoms with Crippen LogP contribution in [0, 0.1) is 6.92 Å². The second-order valence-corrected chi connectivity index (χ2v) is 5.18. The van der Waals surface area contributed by atoms with Gasteiger partial charge in [0.05, 0.1) is 16.9 Å². The third-order valence-electron chi connectivity index (χ3n) is 2.54. The molecule has 0 saturated heterocycles. The summed E-state index contributed by atoms with van der Waals surface area (Å²) in [5.74, 6) is -0.581. The number of carbonyl (C=O) groups excluding carboxylic acids is 2. The molecular formula is C13H14N4O2S. The van der Waals surface area contributed by atoms with Crippen LogP contribution in [0.15, 0.2) is 24.3 Å². The van der Waals surface area contributed by atoms with Gasteiger partial charge in [-0.3, -0.25) is 14.9 Å². The minimum Gasteiger partial charge on any atom is -0.389 e. The Labute approximate surface area is 120 Å². The van der Waals surface area contributed by atoms with Crippen molar-refractivity contribution in [2.45, 2.75) is 13.8 Å². The van der Waals surface area contributed by atoms with Crippen molar-refractivity contribution in [3.63, 3.8) is 0 Å². The Hall–Kier alpha value is -2.41. The molecule has 0 saturated carbocycles. The van der Waals surface area contributed by atoms with Gasteiger partial charge in [-0.25, -0.2) is 4.98 Å². The molecule has 0 atom stereocenters. The fraction of sp³-hybridized carbons (Fsp3) is 0.154. The van der Waals surface area contributed by atoms with E-state index < -0.39 is 0 Å². The van der Waals surface area contributed by atoms with Crippen LogP contribution in [0.4, 0.5) is 15.8 Å². The lowest BCUT2D eigenvalue weighted by molar-refractivity contribution is -0.114. The molecule has 2 amide bonds. The Bertz CT molecular complexity index is 647. The number of nitrogen functional groups attached to an aromatic ring is 1. The average Bonchev–Trinajstić information content (AvgIpc) is 2.68. The number of amides is 2. The minimum atomic E-state index is -0.344. The molecule has 20 heavy (non-hydrogen) atoms. The highest BCUT2D eigenvalue weighted by Gasteiger charge is 2.14. The Kier molecular flexibility index (Phi) is 3.99. The van der Waals surface area contributed by atoms with Gasteiger partial charge in [-0.05, 0) is 19.1 Å². The van der Waals surface area contributed by atoms with Crippen molar-refractivity contribution in [3.8, 4) is 0 Å². The van der Waals surface area contributed by atoms with Gasteiger partial charge in [-0.1, -0.05) is 23.5 Å². The average molecular weight is 290 g/mol. The van der Waals surface area contributed by atoms with E-state index in [0.717, 1.165) is 0 Å². The minimum absolute atomic E-state index is 0.236. The highest BCUT2D eigenvalue weighted by Crippen LogP contribution is 2.25. The van der Waals surface area contributed by atoms with Crippen LogP contribution in [0.25, 0.3) is 0 Å². The number of nitrogens with two attached hydrogens (primary N) is 1. The number of thiazole rings is 1. The highest BCUT2D eigenvalue weighted by molar-refractivity contribution is 7.19. The molecule has 2 aromatic rings. The maximum absolute atomic E-state index is 12.2. The molecule has 0 radical (unpaired) electrons. The third-order valence-corrected chi connectivity index (χ3v) is 3.44. The summed E-state index contributed by atoms with van der Waals surface area (Å²) in [5, 5.41) is 6.28. The topological polar surface area (TPSA) is 97.1 Å². The number of benzene rings is 1. The first kappa shape index (κ1) is 14.0. The number of nitrogens with one attached hydrogen (secondary N) is 2. The molecule has 0 aliphatic heterocycles. The van der Waals surface area contributed by atoms with Crippen LogP contribution in [-0.2, 0) is 4.79 Å². The van der Waals surface area contributed by atoms with E-state index in [9.17, 15) is 9.59 Å². The van der Waals surface area contributed by atoms with Crippen molar-refractivity contribution in [2.24, 2.45) is 0 Å². The quantitative estimate of drug-likeness (QED) is 0.807. The summed E-state index contributed by atoms with van der Waals surface area (Å²) in [6, 6.07) is 6.76. The molecule has 0 aliphatic rings. The molecule has 0 spiro atoms. The molecule has 0 unspecified atom stereocenters. The molecule has 0 aliphatic carbocycles.